The molecule has 1 saturated carbocycles. The summed E-state index contributed by atoms with van der Waals surface area (Å²) in [5.41, 5.74) is 7.47. The van der Waals surface area contributed by atoms with Gasteiger partial charge in [-0.15, -0.1) is 0 Å². The predicted octanol–water partition coefficient (Wildman–Crippen LogP) is 3.06. The molecule has 1 heterocycles. The van der Waals surface area contributed by atoms with Gasteiger partial charge in [-0.05, 0) is 30.5 Å². The average Bonchev–Trinajstić information content (AvgIpc) is 2.98. The summed E-state index contributed by atoms with van der Waals surface area (Å²) in [5.74, 6) is 0.907. The first kappa shape index (κ1) is 9.90. The fourth-order valence-electron chi connectivity index (χ4n) is 1.70. The van der Waals surface area contributed by atoms with Gasteiger partial charge in [-0.2, -0.15) is 0 Å². The molecule has 2 aromatic rings. The van der Waals surface area contributed by atoms with Crippen LogP contribution in [0.25, 0.3) is 10.2 Å². The van der Waals surface area contributed by atoms with Crippen molar-refractivity contribution in [3.8, 4) is 5.19 Å². The molecule has 1 aliphatic carbocycles. The monoisotopic (exact) mass is 234 g/mol. The zero-order valence-corrected chi connectivity index (χ0v) is 9.80. The molecule has 4 heteroatoms. The lowest BCUT2D eigenvalue weighted by Gasteiger charge is -1.99. The maximum absolute atomic E-state index is 5.72. The van der Waals surface area contributed by atoms with E-state index in [2.05, 4.69) is 4.98 Å². The lowest BCUT2D eigenvalue weighted by atomic mass is 10.3. The van der Waals surface area contributed by atoms with Gasteiger partial charge in [0.15, 0.2) is 0 Å². The van der Waals surface area contributed by atoms with Gasteiger partial charge in [0.1, 0.15) is 0 Å². The highest BCUT2D eigenvalue weighted by molar-refractivity contribution is 7.20. The van der Waals surface area contributed by atoms with Crippen molar-refractivity contribution >= 4 is 27.2 Å². The highest BCUT2D eigenvalue weighted by atomic mass is 32.1. The van der Waals surface area contributed by atoms with Crippen LogP contribution < -0.4 is 10.5 Å². The van der Waals surface area contributed by atoms with Crippen LogP contribution in [0.4, 0.5) is 5.69 Å². The Morgan fingerprint density at radius 1 is 1.44 bits per heavy atom. The first-order valence-corrected chi connectivity index (χ1v) is 6.42. The molecule has 0 radical (unpaired) electrons. The van der Waals surface area contributed by atoms with Crippen molar-refractivity contribution < 1.29 is 4.74 Å². The number of anilines is 1. The van der Waals surface area contributed by atoms with Crippen molar-refractivity contribution in [3.63, 3.8) is 0 Å². The largest absolute Gasteiger partial charge is 0.470 e. The van der Waals surface area contributed by atoms with Crippen LogP contribution in [0.1, 0.15) is 19.3 Å². The van der Waals surface area contributed by atoms with E-state index >= 15 is 0 Å². The van der Waals surface area contributed by atoms with Gasteiger partial charge in [-0.1, -0.05) is 24.2 Å². The Hall–Kier alpha value is -1.29. The smallest absolute Gasteiger partial charge is 0.274 e. The van der Waals surface area contributed by atoms with E-state index in [0.717, 1.165) is 40.0 Å². The number of thiazole rings is 1. The molecule has 1 aromatic carbocycles. The summed E-state index contributed by atoms with van der Waals surface area (Å²) >= 11 is 1.57. The van der Waals surface area contributed by atoms with E-state index in [1.807, 2.05) is 18.2 Å². The van der Waals surface area contributed by atoms with E-state index in [0.29, 0.717) is 0 Å². The number of nitrogens with two attached hydrogens (primary N) is 1. The normalized spacial score (nSPS) is 15.5. The molecule has 1 aromatic heterocycles. The van der Waals surface area contributed by atoms with Crippen LogP contribution in [0.3, 0.4) is 0 Å². The third-order valence-corrected chi connectivity index (χ3v) is 3.77. The number of rotatable bonds is 4. The van der Waals surface area contributed by atoms with E-state index in [-0.39, 0.29) is 0 Å². The first-order valence-electron chi connectivity index (χ1n) is 5.60. The van der Waals surface area contributed by atoms with Crippen LogP contribution in [0, 0.1) is 5.92 Å². The Morgan fingerprint density at radius 2 is 2.31 bits per heavy atom. The van der Waals surface area contributed by atoms with E-state index in [1.54, 1.807) is 11.3 Å². The van der Waals surface area contributed by atoms with Gasteiger partial charge < -0.3 is 10.5 Å². The molecule has 0 aliphatic heterocycles. The predicted molar refractivity (Wildman–Crippen MR) is 66.9 cm³/mol. The zero-order chi connectivity index (χ0) is 11.0. The van der Waals surface area contributed by atoms with Gasteiger partial charge in [-0.25, -0.2) is 4.98 Å². The lowest BCUT2D eigenvalue weighted by molar-refractivity contribution is 0.301. The molecule has 3 rings (SSSR count). The highest BCUT2D eigenvalue weighted by Crippen LogP contribution is 2.33. The second kappa shape index (κ2) is 3.94. The molecule has 84 valence electrons. The lowest BCUT2D eigenvalue weighted by Crippen LogP contribution is -1.97. The van der Waals surface area contributed by atoms with E-state index in [1.165, 1.54) is 12.8 Å². The molecule has 0 amide bonds. The van der Waals surface area contributed by atoms with Crippen molar-refractivity contribution in [1.82, 2.24) is 4.98 Å². The third-order valence-electron chi connectivity index (χ3n) is 2.84. The molecule has 0 saturated heterocycles. The Balaban J connectivity index is 1.71. The third kappa shape index (κ3) is 2.11. The summed E-state index contributed by atoms with van der Waals surface area (Å²) in [6, 6.07) is 5.76. The van der Waals surface area contributed by atoms with Crippen LogP contribution in [0.2, 0.25) is 0 Å². The molecule has 1 fully saturated rings. The van der Waals surface area contributed by atoms with Crippen LogP contribution >= 0.6 is 11.3 Å². The van der Waals surface area contributed by atoms with Crippen LogP contribution in [-0.4, -0.2) is 11.6 Å². The molecule has 3 nitrogen and oxygen atoms in total. The van der Waals surface area contributed by atoms with Crippen molar-refractivity contribution in [1.29, 1.82) is 0 Å². The number of fused-ring (bicyclic) bond motifs is 1. The SMILES string of the molecule is Nc1ccc2nc(OCCC3CC3)sc2c1. The minimum Gasteiger partial charge on any atom is -0.470 e. The van der Waals surface area contributed by atoms with Crippen molar-refractivity contribution in [3.05, 3.63) is 18.2 Å². The summed E-state index contributed by atoms with van der Waals surface area (Å²) in [5, 5.41) is 0.765. The molecular weight excluding hydrogens is 220 g/mol. The summed E-state index contributed by atoms with van der Waals surface area (Å²) < 4.78 is 6.75. The molecule has 0 atom stereocenters. The fraction of sp³-hybridized carbons (Fsp3) is 0.417. The number of nitrogens with zero attached hydrogens (tertiary/aromatic N) is 1. The first-order chi connectivity index (χ1) is 7.81. The molecule has 0 bridgehead atoms. The molecule has 0 spiro atoms. The number of ether oxygens (including phenoxy) is 1. The van der Waals surface area contributed by atoms with Gasteiger partial charge in [-0.3, -0.25) is 0 Å². The van der Waals surface area contributed by atoms with Crippen LogP contribution in [0.5, 0.6) is 5.19 Å². The summed E-state index contributed by atoms with van der Waals surface area (Å²) in [7, 11) is 0. The van der Waals surface area contributed by atoms with Crippen molar-refractivity contribution in [2.24, 2.45) is 5.92 Å². The standard InChI is InChI=1S/C12H14N2OS/c13-9-3-4-10-11(7-9)16-12(14-10)15-6-5-8-1-2-8/h3-4,7-8H,1-2,5-6,13H2. The minimum atomic E-state index is 0.765. The van der Waals surface area contributed by atoms with E-state index in [9.17, 15) is 0 Å². The average molecular weight is 234 g/mol. The zero-order valence-electron chi connectivity index (χ0n) is 8.98. The minimum absolute atomic E-state index is 0.765. The summed E-state index contributed by atoms with van der Waals surface area (Å²) in [6.45, 7) is 0.792. The quantitative estimate of drug-likeness (QED) is 0.827. The highest BCUT2D eigenvalue weighted by Gasteiger charge is 2.20. The van der Waals surface area contributed by atoms with Gasteiger partial charge in [0, 0.05) is 5.69 Å². The Labute approximate surface area is 98.2 Å². The molecule has 0 unspecified atom stereocenters. The maximum Gasteiger partial charge on any atom is 0.274 e. The Morgan fingerprint density at radius 3 is 3.12 bits per heavy atom. The number of hydrogen-bond acceptors (Lipinski definition) is 4. The Bertz CT molecular complexity index is 505. The van der Waals surface area contributed by atoms with Crippen LogP contribution in [0.15, 0.2) is 18.2 Å². The molecular formula is C12H14N2OS. The number of nitrogen functional groups attached to an aromatic ring is 1. The second-order valence-electron chi connectivity index (χ2n) is 4.29. The summed E-state index contributed by atoms with van der Waals surface area (Å²) in [4.78, 5) is 4.41. The fourth-order valence-corrected chi connectivity index (χ4v) is 2.59. The van der Waals surface area contributed by atoms with Gasteiger partial charge in [0.05, 0.1) is 16.8 Å². The molecule has 16 heavy (non-hydrogen) atoms. The second-order valence-corrected chi connectivity index (χ2v) is 5.28. The maximum atomic E-state index is 5.72. The van der Waals surface area contributed by atoms with Gasteiger partial charge >= 0.3 is 0 Å². The van der Waals surface area contributed by atoms with E-state index < -0.39 is 0 Å². The Kier molecular flexibility index (Phi) is 2.44. The summed E-state index contributed by atoms with van der Waals surface area (Å²) in [6.07, 6.45) is 3.91. The van der Waals surface area contributed by atoms with Crippen molar-refractivity contribution in [2.45, 2.75) is 19.3 Å². The van der Waals surface area contributed by atoms with E-state index in [4.69, 9.17) is 10.5 Å². The van der Waals surface area contributed by atoms with Crippen molar-refractivity contribution in [2.75, 3.05) is 12.3 Å². The molecule has 2 N–H and O–H groups in total. The van der Waals surface area contributed by atoms with Crippen LogP contribution in [-0.2, 0) is 0 Å². The topological polar surface area (TPSA) is 48.1 Å². The van der Waals surface area contributed by atoms with Gasteiger partial charge in [0.2, 0.25) is 0 Å². The number of benzene rings is 1. The molecule has 1 aliphatic rings. The van der Waals surface area contributed by atoms with Gasteiger partial charge in [0.25, 0.3) is 5.19 Å². The number of aromatic nitrogens is 1. The number of hydrogen-bond donors (Lipinski definition) is 1.